The third-order valence-electron chi connectivity index (χ3n) is 2.39. The van der Waals surface area contributed by atoms with Gasteiger partial charge in [-0.3, -0.25) is 4.79 Å². The highest BCUT2D eigenvalue weighted by Gasteiger charge is 2.22. The van der Waals surface area contributed by atoms with Crippen LogP contribution in [0, 0.1) is 0 Å². The summed E-state index contributed by atoms with van der Waals surface area (Å²) in [5.41, 5.74) is 0.0917. The lowest BCUT2D eigenvalue weighted by Crippen LogP contribution is -2.39. The number of rotatable bonds is 6. The molecule has 1 rings (SSSR count). The van der Waals surface area contributed by atoms with Gasteiger partial charge in [0.2, 0.25) is 5.91 Å². The van der Waals surface area contributed by atoms with Crippen LogP contribution >= 0.6 is 0 Å². The Morgan fingerprint density at radius 3 is 2.71 bits per heavy atom. The molecule has 0 aromatic carbocycles. The van der Waals surface area contributed by atoms with Crippen molar-refractivity contribution in [2.75, 3.05) is 26.3 Å². The van der Waals surface area contributed by atoms with Crippen molar-refractivity contribution in [2.45, 2.75) is 32.5 Å². The van der Waals surface area contributed by atoms with Crippen molar-refractivity contribution in [2.24, 2.45) is 0 Å². The number of hydrogen-bond acceptors (Lipinski definition) is 4. The van der Waals surface area contributed by atoms with E-state index >= 15 is 0 Å². The van der Waals surface area contributed by atoms with E-state index in [2.05, 4.69) is 26.1 Å². The van der Waals surface area contributed by atoms with Gasteiger partial charge in [-0.05, 0) is 26.8 Å². The Bertz CT molecular complexity index is 284. The highest BCUT2D eigenvalue weighted by atomic mass is 16.5. The quantitative estimate of drug-likeness (QED) is 0.649. The number of nitrogens with zero attached hydrogens (tertiary/aromatic N) is 1. The molecule has 0 aromatic heterocycles. The van der Waals surface area contributed by atoms with Gasteiger partial charge in [-0.1, -0.05) is 0 Å². The molecule has 2 N–H and O–H groups in total. The normalized spacial score (nSPS) is 20.4. The Labute approximate surface area is 102 Å². The highest BCUT2D eigenvalue weighted by Crippen LogP contribution is 2.07. The molecule has 0 saturated carbocycles. The van der Waals surface area contributed by atoms with Gasteiger partial charge >= 0.3 is 0 Å². The summed E-state index contributed by atoms with van der Waals surface area (Å²) in [6.45, 7) is 8.52. The first-order valence-electron chi connectivity index (χ1n) is 5.90. The third-order valence-corrected chi connectivity index (χ3v) is 2.39. The summed E-state index contributed by atoms with van der Waals surface area (Å²) in [7, 11) is 0. The number of carbonyl (C=O) groups is 1. The standard InChI is InChI=1S/C12H22N2O3/c1-12(2,3)13-6-8-17-9-7-14-10(15)4-5-11(14)16/h4-5,10,13,15H,6-9H2,1-3H3. The molecule has 1 aliphatic rings. The first-order valence-corrected chi connectivity index (χ1v) is 5.90. The second-order valence-electron chi connectivity index (χ2n) is 5.09. The molecule has 17 heavy (non-hydrogen) atoms. The van der Waals surface area contributed by atoms with Gasteiger partial charge in [0.25, 0.3) is 0 Å². The maximum absolute atomic E-state index is 11.2. The van der Waals surface area contributed by atoms with Crippen LogP contribution in [0.5, 0.6) is 0 Å². The van der Waals surface area contributed by atoms with Crippen molar-refractivity contribution in [3.8, 4) is 0 Å². The van der Waals surface area contributed by atoms with E-state index in [0.717, 1.165) is 6.54 Å². The van der Waals surface area contributed by atoms with Crippen LogP contribution in [0.3, 0.4) is 0 Å². The van der Waals surface area contributed by atoms with Crippen LogP contribution in [0.4, 0.5) is 0 Å². The Balaban J connectivity index is 2.03. The first kappa shape index (κ1) is 14.2. The Hall–Kier alpha value is -0.910. The zero-order chi connectivity index (χ0) is 12.9. The van der Waals surface area contributed by atoms with E-state index < -0.39 is 6.23 Å². The molecular weight excluding hydrogens is 220 g/mol. The maximum Gasteiger partial charge on any atom is 0.248 e. The van der Waals surface area contributed by atoms with Gasteiger partial charge in [0.1, 0.15) is 6.23 Å². The molecule has 0 bridgehead atoms. The monoisotopic (exact) mass is 242 g/mol. The van der Waals surface area contributed by atoms with E-state index in [1.54, 1.807) is 0 Å². The van der Waals surface area contributed by atoms with Crippen LogP contribution in [-0.4, -0.2) is 54.0 Å². The van der Waals surface area contributed by atoms with E-state index in [9.17, 15) is 9.90 Å². The summed E-state index contributed by atoms with van der Waals surface area (Å²) in [6.07, 6.45) is 2.06. The lowest BCUT2D eigenvalue weighted by molar-refractivity contribution is -0.131. The number of aliphatic hydroxyl groups excluding tert-OH is 1. The predicted octanol–water partition coefficient (Wildman–Crippen LogP) is 0.108. The number of amides is 1. The summed E-state index contributed by atoms with van der Waals surface area (Å²) in [5, 5.41) is 12.7. The van der Waals surface area contributed by atoms with Crippen LogP contribution in [0.15, 0.2) is 12.2 Å². The molecule has 0 aromatic rings. The molecule has 0 spiro atoms. The Morgan fingerprint density at radius 2 is 2.18 bits per heavy atom. The summed E-state index contributed by atoms with van der Waals surface area (Å²) < 4.78 is 5.39. The number of aliphatic hydroxyl groups is 1. The fraction of sp³-hybridized carbons (Fsp3) is 0.750. The highest BCUT2D eigenvalue weighted by molar-refractivity contribution is 5.90. The molecule has 1 amide bonds. The topological polar surface area (TPSA) is 61.8 Å². The summed E-state index contributed by atoms with van der Waals surface area (Å²) in [6, 6.07) is 0. The summed E-state index contributed by atoms with van der Waals surface area (Å²) in [5.74, 6) is -0.158. The smallest absolute Gasteiger partial charge is 0.248 e. The number of carbonyl (C=O) groups excluding carboxylic acids is 1. The second kappa shape index (κ2) is 6.14. The van der Waals surface area contributed by atoms with E-state index in [1.165, 1.54) is 17.1 Å². The van der Waals surface area contributed by atoms with E-state index in [1.807, 2.05) is 0 Å². The van der Waals surface area contributed by atoms with Crippen LogP contribution in [0.1, 0.15) is 20.8 Å². The number of nitrogens with one attached hydrogen (secondary N) is 1. The largest absolute Gasteiger partial charge is 0.378 e. The van der Waals surface area contributed by atoms with Gasteiger partial charge in [0.15, 0.2) is 0 Å². The van der Waals surface area contributed by atoms with Crippen molar-refractivity contribution >= 4 is 5.91 Å². The van der Waals surface area contributed by atoms with Crippen molar-refractivity contribution < 1.29 is 14.6 Å². The first-order chi connectivity index (χ1) is 7.90. The average Bonchev–Trinajstić information content (AvgIpc) is 2.52. The average molecular weight is 242 g/mol. The minimum Gasteiger partial charge on any atom is -0.378 e. The fourth-order valence-corrected chi connectivity index (χ4v) is 1.50. The maximum atomic E-state index is 11.2. The predicted molar refractivity (Wildman–Crippen MR) is 65.4 cm³/mol. The molecule has 0 radical (unpaired) electrons. The van der Waals surface area contributed by atoms with E-state index in [-0.39, 0.29) is 11.4 Å². The molecule has 1 heterocycles. The van der Waals surface area contributed by atoms with Crippen LogP contribution in [-0.2, 0) is 9.53 Å². The van der Waals surface area contributed by atoms with E-state index in [0.29, 0.717) is 19.8 Å². The molecule has 0 saturated heterocycles. The van der Waals surface area contributed by atoms with Crippen molar-refractivity contribution in [3.63, 3.8) is 0 Å². The van der Waals surface area contributed by atoms with Crippen LogP contribution in [0.25, 0.3) is 0 Å². The molecule has 5 heteroatoms. The van der Waals surface area contributed by atoms with Gasteiger partial charge in [-0.15, -0.1) is 0 Å². The lowest BCUT2D eigenvalue weighted by atomic mass is 10.1. The SMILES string of the molecule is CC(C)(C)NCCOCCN1C(=O)C=CC1O. The van der Waals surface area contributed by atoms with Gasteiger partial charge in [0.05, 0.1) is 13.2 Å². The van der Waals surface area contributed by atoms with Gasteiger partial charge in [0, 0.05) is 24.7 Å². The molecule has 98 valence electrons. The second-order valence-corrected chi connectivity index (χ2v) is 5.09. The summed E-state index contributed by atoms with van der Waals surface area (Å²) >= 11 is 0. The summed E-state index contributed by atoms with van der Waals surface area (Å²) in [4.78, 5) is 12.6. The van der Waals surface area contributed by atoms with Gasteiger partial charge in [-0.25, -0.2) is 0 Å². The van der Waals surface area contributed by atoms with E-state index in [4.69, 9.17) is 4.74 Å². The molecule has 5 nitrogen and oxygen atoms in total. The molecular formula is C12H22N2O3. The van der Waals surface area contributed by atoms with Gasteiger partial charge in [-0.2, -0.15) is 0 Å². The Kier molecular flexibility index (Phi) is 5.11. The molecule has 0 fully saturated rings. The number of ether oxygens (including phenoxy) is 1. The minimum absolute atomic E-state index is 0.0917. The Morgan fingerprint density at radius 1 is 1.47 bits per heavy atom. The zero-order valence-electron chi connectivity index (χ0n) is 10.8. The molecule has 1 unspecified atom stereocenters. The van der Waals surface area contributed by atoms with Gasteiger partial charge < -0.3 is 20.1 Å². The van der Waals surface area contributed by atoms with Crippen molar-refractivity contribution in [3.05, 3.63) is 12.2 Å². The fourth-order valence-electron chi connectivity index (χ4n) is 1.50. The third kappa shape index (κ3) is 5.30. The molecule has 0 aliphatic carbocycles. The minimum atomic E-state index is -0.793. The molecule has 1 atom stereocenters. The zero-order valence-corrected chi connectivity index (χ0v) is 10.8. The number of hydrogen-bond donors (Lipinski definition) is 2. The van der Waals surface area contributed by atoms with Crippen LogP contribution < -0.4 is 5.32 Å². The van der Waals surface area contributed by atoms with Crippen molar-refractivity contribution in [1.82, 2.24) is 10.2 Å². The molecule has 1 aliphatic heterocycles. The lowest BCUT2D eigenvalue weighted by Gasteiger charge is -2.22. The van der Waals surface area contributed by atoms with Crippen LogP contribution in [0.2, 0.25) is 0 Å². The van der Waals surface area contributed by atoms with Crippen molar-refractivity contribution in [1.29, 1.82) is 0 Å².